The predicted molar refractivity (Wildman–Crippen MR) is 128 cm³/mol. The lowest BCUT2D eigenvalue weighted by molar-refractivity contribution is 0.109. The third-order valence-electron chi connectivity index (χ3n) is 5.30. The van der Waals surface area contributed by atoms with Gasteiger partial charge in [-0.2, -0.15) is 0 Å². The summed E-state index contributed by atoms with van der Waals surface area (Å²) in [6.45, 7) is 7.20. The molecule has 33 heavy (non-hydrogen) atoms. The molecule has 2 amide bonds. The minimum atomic E-state index is -0.558. The van der Waals surface area contributed by atoms with Crippen molar-refractivity contribution in [1.29, 1.82) is 0 Å². The monoisotopic (exact) mass is 473 g/mol. The van der Waals surface area contributed by atoms with Gasteiger partial charge in [0.1, 0.15) is 0 Å². The fraction of sp³-hybridized carbons (Fsp3) is 0.500. The Morgan fingerprint density at radius 2 is 1.73 bits per heavy atom. The van der Waals surface area contributed by atoms with Crippen molar-refractivity contribution in [2.75, 3.05) is 5.32 Å². The number of thiazole rings is 1. The normalized spacial score (nSPS) is 18.1. The van der Waals surface area contributed by atoms with E-state index in [0.717, 1.165) is 47.4 Å². The number of ether oxygens (including phenoxy) is 2. The molecule has 0 radical (unpaired) electrons. The van der Waals surface area contributed by atoms with Crippen LogP contribution >= 0.6 is 11.3 Å². The molecule has 3 rings (SSSR count). The van der Waals surface area contributed by atoms with E-state index < -0.39 is 6.09 Å². The maximum absolute atomic E-state index is 11.8. The Bertz CT molecular complexity index is 980. The van der Waals surface area contributed by atoms with Gasteiger partial charge in [-0.05, 0) is 65.5 Å². The zero-order valence-electron chi connectivity index (χ0n) is 19.4. The van der Waals surface area contributed by atoms with Gasteiger partial charge in [-0.25, -0.2) is 14.6 Å². The second-order valence-electron chi connectivity index (χ2n) is 8.71. The summed E-state index contributed by atoms with van der Waals surface area (Å²) in [5.74, 6) is 0.328. The molecule has 1 aromatic heterocycles. The molecule has 0 atom stereocenters. The van der Waals surface area contributed by atoms with Gasteiger partial charge in [0.05, 0.1) is 22.1 Å². The molecule has 2 N–H and O–H groups in total. The summed E-state index contributed by atoms with van der Waals surface area (Å²) in [5.41, 5.74) is 1.76. The Morgan fingerprint density at radius 1 is 1.06 bits per heavy atom. The van der Waals surface area contributed by atoms with Crippen LogP contribution in [0, 0.1) is 0 Å². The first-order chi connectivity index (χ1) is 15.7. The summed E-state index contributed by atoms with van der Waals surface area (Å²) in [5, 5.41) is 6.62. The molecule has 0 saturated heterocycles. The zero-order chi connectivity index (χ0) is 24.0. The van der Waals surface area contributed by atoms with E-state index in [1.807, 2.05) is 19.9 Å². The van der Waals surface area contributed by atoms with Crippen LogP contribution in [0.2, 0.25) is 0 Å². The summed E-state index contributed by atoms with van der Waals surface area (Å²) >= 11 is 1.58. The zero-order valence-corrected chi connectivity index (χ0v) is 20.2. The lowest BCUT2D eigenvalue weighted by Gasteiger charge is -2.28. The number of amides is 2. The lowest BCUT2D eigenvalue weighted by Crippen LogP contribution is -2.38. The van der Waals surface area contributed by atoms with Crippen molar-refractivity contribution in [3.63, 3.8) is 0 Å². The summed E-state index contributed by atoms with van der Waals surface area (Å²) in [4.78, 5) is 40.9. The third kappa shape index (κ3) is 7.02. The molecule has 1 aliphatic rings. The third-order valence-corrected chi connectivity index (χ3v) is 6.49. The molecule has 1 aromatic carbocycles. The topological polar surface area (TPSA) is 107 Å². The maximum atomic E-state index is 11.8. The average molecular weight is 474 g/mol. The number of nitrogens with zero attached hydrogens (tertiary/aromatic N) is 1. The second-order valence-corrected chi connectivity index (χ2v) is 9.77. The number of hydrogen-bond acceptors (Lipinski definition) is 7. The molecular formula is C24H31N3O5S. The van der Waals surface area contributed by atoms with Gasteiger partial charge in [0.2, 0.25) is 0 Å². The van der Waals surface area contributed by atoms with Crippen molar-refractivity contribution in [1.82, 2.24) is 10.3 Å². The number of nitrogens with one attached hydrogen (secondary N) is 2. The van der Waals surface area contributed by atoms with Crippen molar-refractivity contribution in [2.24, 2.45) is 0 Å². The molecule has 2 aromatic rings. The van der Waals surface area contributed by atoms with Crippen LogP contribution in [0.4, 0.5) is 15.3 Å². The molecule has 1 saturated carbocycles. The quantitative estimate of drug-likeness (QED) is 0.497. The minimum absolute atomic E-state index is 0.121. The van der Waals surface area contributed by atoms with Crippen LogP contribution in [0.5, 0.6) is 0 Å². The van der Waals surface area contributed by atoms with Gasteiger partial charge in [0.25, 0.3) is 0 Å². The van der Waals surface area contributed by atoms with Crippen LogP contribution in [0.1, 0.15) is 74.7 Å². The highest BCUT2D eigenvalue weighted by atomic mass is 32.1. The van der Waals surface area contributed by atoms with E-state index in [1.54, 1.807) is 43.5 Å². The second kappa shape index (κ2) is 11.3. The number of hydrogen-bond donors (Lipinski definition) is 2. The summed E-state index contributed by atoms with van der Waals surface area (Å²) in [7, 11) is 0. The van der Waals surface area contributed by atoms with E-state index in [2.05, 4.69) is 15.6 Å². The summed E-state index contributed by atoms with van der Waals surface area (Å²) < 4.78 is 10.2. The molecular weight excluding hydrogens is 442 g/mol. The minimum Gasteiger partial charge on any atom is -0.447 e. The first kappa shape index (κ1) is 24.7. The molecule has 0 aliphatic heterocycles. The van der Waals surface area contributed by atoms with Crippen LogP contribution in [0.3, 0.4) is 0 Å². The molecule has 178 valence electrons. The van der Waals surface area contributed by atoms with Gasteiger partial charge >= 0.3 is 12.2 Å². The molecule has 0 bridgehead atoms. The Hall–Kier alpha value is -2.94. The van der Waals surface area contributed by atoms with Gasteiger partial charge in [0.15, 0.2) is 6.29 Å². The molecule has 9 heteroatoms. The maximum Gasteiger partial charge on any atom is 0.411 e. The highest BCUT2D eigenvalue weighted by molar-refractivity contribution is 7.15. The number of carbonyl (C=O) groups excluding carboxylic acids is 3. The standard InChI is InChI=1S/C24H31N3O5S/c1-14(2)31-23(29)26-18-7-5-16(6-8-18)22-25-12-21(33-22)20-10-9-19(11-17(20)13-28)27-24(30)32-15(3)4/h9-16,18H,5-8H2,1-4H3,(H,26,29)(H,27,30)/t16-,18-. The fourth-order valence-corrected chi connectivity index (χ4v) is 4.96. The number of benzene rings is 1. The number of aromatic nitrogens is 1. The van der Waals surface area contributed by atoms with Crippen molar-refractivity contribution < 1.29 is 23.9 Å². The Balaban J connectivity index is 1.62. The molecule has 0 unspecified atom stereocenters. The summed E-state index contributed by atoms with van der Waals surface area (Å²) in [6.07, 6.45) is 4.91. The highest BCUT2D eigenvalue weighted by Gasteiger charge is 2.26. The van der Waals surface area contributed by atoms with Gasteiger partial charge in [-0.15, -0.1) is 11.3 Å². The van der Waals surface area contributed by atoms with E-state index in [9.17, 15) is 14.4 Å². The van der Waals surface area contributed by atoms with Crippen LogP contribution in [-0.2, 0) is 9.47 Å². The van der Waals surface area contributed by atoms with Gasteiger partial charge in [-0.3, -0.25) is 10.1 Å². The van der Waals surface area contributed by atoms with E-state index in [-0.39, 0.29) is 24.3 Å². The number of rotatable bonds is 7. The van der Waals surface area contributed by atoms with Gasteiger partial charge in [-0.1, -0.05) is 6.07 Å². The average Bonchev–Trinajstić information content (AvgIpc) is 3.23. The molecule has 1 aliphatic carbocycles. The Kier molecular flexibility index (Phi) is 8.43. The molecule has 0 spiro atoms. The van der Waals surface area contributed by atoms with Crippen LogP contribution in [0.15, 0.2) is 24.4 Å². The first-order valence-corrected chi connectivity index (χ1v) is 12.1. The predicted octanol–water partition coefficient (Wildman–Crippen LogP) is 5.74. The van der Waals surface area contributed by atoms with Gasteiger partial charge < -0.3 is 14.8 Å². The van der Waals surface area contributed by atoms with E-state index in [0.29, 0.717) is 17.2 Å². The highest BCUT2D eigenvalue weighted by Crippen LogP contribution is 2.38. The molecule has 8 nitrogen and oxygen atoms in total. The number of carbonyl (C=O) groups is 3. The Labute approximate surface area is 198 Å². The molecule has 1 heterocycles. The van der Waals surface area contributed by atoms with Crippen molar-refractivity contribution >= 4 is 35.5 Å². The van der Waals surface area contributed by atoms with Gasteiger partial charge in [0, 0.05) is 35.0 Å². The van der Waals surface area contributed by atoms with Crippen LogP contribution in [-0.4, -0.2) is 41.7 Å². The lowest BCUT2D eigenvalue weighted by atomic mass is 9.86. The first-order valence-electron chi connectivity index (χ1n) is 11.2. The Morgan fingerprint density at radius 3 is 2.36 bits per heavy atom. The van der Waals surface area contributed by atoms with Crippen LogP contribution in [0.25, 0.3) is 10.4 Å². The largest absolute Gasteiger partial charge is 0.447 e. The number of aldehydes is 1. The number of alkyl carbamates (subject to hydrolysis) is 1. The smallest absolute Gasteiger partial charge is 0.411 e. The van der Waals surface area contributed by atoms with Crippen molar-refractivity contribution in [2.45, 2.75) is 77.5 Å². The van der Waals surface area contributed by atoms with Crippen LogP contribution < -0.4 is 10.6 Å². The molecule has 1 fully saturated rings. The SMILES string of the molecule is CC(C)OC(=O)Nc1ccc(-c2cnc([C@H]3CC[C@H](NC(=O)OC(C)C)CC3)s2)c(C=O)c1. The summed E-state index contributed by atoms with van der Waals surface area (Å²) in [6, 6.07) is 5.32. The van der Waals surface area contributed by atoms with E-state index in [4.69, 9.17) is 9.47 Å². The van der Waals surface area contributed by atoms with E-state index in [1.165, 1.54) is 0 Å². The fourth-order valence-electron chi connectivity index (χ4n) is 3.82. The van der Waals surface area contributed by atoms with E-state index >= 15 is 0 Å². The van der Waals surface area contributed by atoms with Crippen molar-refractivity contribution in [3.05, 3.63) is 35.0 Å². The van der Waals surface area contributed by atoms with Crippen molar-refractivity contribution in [3.8, 4) is 10.4 Å². The number of anilines is 1.